The number of hydrogen-bond acceptors (Lipinski definition) is 4. The fourth-order valence-electron chi connectivity index (χ4n) is 1.72. The predicted octanol–water partition coefficient (Wildman–Crippen LogP) is 0.930. The van der Waals surface area contributed by atoms with E-state index in [1.54, 1.807) is 24.1 Å². The van der Waals surface area contributed by atoms with Gasteiger partial charge in [0.1, 0.15) is 6.54 Å². The molecule has 6 nitrogen and oxygen atoms in total. The minimum absolute atomic E-state index is 0.0778. The third kappa shape index (κ3) is 2.73. The summed E-state index contributed by atoms with van der Waals surface area (Å²) >= 11 is 3.14. The van der Waals surface area contributed by atoms with Crippen LogP contribution in [-0.4, -0.2) is 55.1 Å². The molecule has 1 fully saturated rings. The van der Waals surface area contributed by atoms with Crippen molar-refractivity contribution in [3.63, 3.8) is 0 Å². The number of nitrogens with zero attached hydrogens (tertiary/aromatic N) is 2. The molecule has 1 aromatic heterocycles. The number of methoxy groups -OCH3 is 1. The van der Waals surface area contributed by atoms with Gasteiger partial charge in [-0.2, -0.15) is 0 Å². The van der Waals surface area contributed by atoms with Gasteiger partial charge in [0.25, 0.3) is 5.91 Å². The lowest BCUT2D eigenvalue weighted by atomic mass is 10.4. The second-order valence-corrected chi connectivity index (χ2v) is 4.68. The van der Waals surface area contributed by atoms with Crippen molar-refractivity contribution in [1.29, 1.82) is 0 Å². The number of hydrogen-bond donors (Lipinski definition) is 0. The lowest BCUT2D eigenvalue weighted by molar-refractivity contribution is -0.127. The second kappa shape index (κ2) is 5.53. The van der Waals surface area contributed by atoms with Gasteiger partial charge >= 0.3 is 0 Å². The fraction of sp³-hybridized carbons (Fsp3) is 0.455. The highest BCUT2D eigenvalue weighted by atomic mass is 79.9. The van der Waals surface area contributed by atoms with E-state index in [9.17, 15) is 9.59 Å². The Bertz CT molecular complexity index is 460. The fourth-order valence-corrected chi connectivity index (χ4v) is 2.02. The molecule has 1 aliphatic rings. The minimum Gasteiger partial charge on any atom is -0.444 e. The molecule has 18 heavy (non-hydrogen) atoms. The van der Waals surface area contributed by atoms with Crippen molar-refractivity contribution < 1.29 is 18.7 Å². The van der Waals surface area contributed by atoms with Crippen molar-refractivity contribution >= 4 is 27.7 Å². The summed E-state index contributed by atoms with van der Waals surface area (Å²) in [6, 6.07) is 3.22. The molecule has 0 aromatic carbocycles. The SMILES string of the molecule is COCCN1CN(C(=O)c2ccc(Br)o2)CC1=O. The van der Waals surface area contributed by atoms with E-state index >= 15 is 0 Å². The molecular formula is C11H13BrN2O4. The van der Waals surface area contributed by atoms with Crippen LogP contribution in [0.15, 0.2) is 21.2 Å². The summed E-state index contributed by atoms with van der Waals surface area (Å²) in [7, 11) is 1.57. The van der Waals surface area contributed by atoms with Gasteiger partial charge in [-0.25, -0.2) is 0 Å². The monoisotopic (exact) mass is 316 g/mol. The van der Waals surface area contributed by atoms with Gasteiger partial charge in [-0.15, -0.1) is 0 Å². The van der Waals surface area contributed by atoms with E-state index < -0.39 is 0 Å². The van der Waals surface area contributed by atoms with Crippen LogP contribution < -0.4 is 0 Å². The molecule has 1 aromatic rings. The van der Waals surface area contributed by atoms with Gasteiger partial charge in [-0.3, -0.25) is 9.59 Å². The van der Waals surface area contributed by atoms with Crippen LogP contribution in [0.3, 0.4) is 0 Å². The van der Waals surface area contributed by atoms with Crippen molar-refractivity contribution in [2.24, 2.45) is 0 Å². The van der Waals surface area contributed by atoms with Crippen molar-refractivity contribution in [3.8, 4) is 0 Å². The zero-order valence-electron chi connectivity index (χ0n) is 9.89. The third-order valence-corrected chi connectivity index (χ3v) is 3.08. The number of halogens is 1. The Morgan fingerprint density at radius 3 is 2.94 bits per heavy atom. The van der Waals surface area contributed by atoms with E-state index in [1.165, 1.54) is 4.90 Å². The topological polar surface area (TPSA) is 63.0 Å². The van der Waals surface area contributed by atoms with Gasteiger partial charge in [0.05, 0.1) is 13.3 Å². The maximum absolute atomic E-state index is 12.0. The molecule has 1 saturated heterocycles. The van der Waals surface area contributed by atoms with Crippen LogP contribution in [0.25, 0.3) is 0 Å². The van der Waals surface area contributed by atoms with Crippen LogP contribution in [0.1, 0.15) is 10.6 Å². The number of carbonyl (C=O) groups excluding carboxylic acids is 2. The summed E-state index contributed by atoms with van der Waals surface area (Å²) in [5, 5.41) is 0. The van der Waals surface area contributed by atoms with Gasteiger partial charge in [0.2, 0.25) is 5.91 Å². The van der Waals surface area contributed by atoms with Gasteiger partial charge < -0.3 is 19.0 Å². The van der Waals surface area contributed by atoms with E-state index in [1.807, 2.05) is 0 Å². The summed E-state index contributed by atoms with van der Waals surface area (Å²) in [4.78, 5) is 26.7. The van der Waals surface area contributed by atoms with Gasteiger partial charge in [0.15, 0.2) is 10.4 Å². The lowest BCUT2D eigenvalue weighted by Gasteiger charge is -2.16. The first-order chi connectivity index (χ1) is 8.61. The van der Waals surface area contributed by atoms with E-state index in [-0.39, 0.29) is 30.8 Å². The summed E-state index contributed by atoms with van der Waals surface area (Å²) in [6.07, 6.45) is 0. The molecule has 0 radical (unpaired) electrons. The highest BCUT2D eigenvalue weighted by Crippen LogP contribution is 2.17. The second-order valence-electron chi connectivity index (χ2n) is 3.90. The molecule has 2 rings (SSSR count). The van der Waals surface area contributed by atoms with Gasteiger partial charge in [-0.05, 0) is 28.1 Å². The summed E-state index contributed by atoms with van der Waals surface area (Å²) in [6.45, 7) is 1.31. The van der Waals surface area contributed by atoms with Crippen LogP contribution >= 0.6 is 15.9 Å². The van der Waals surface area contributed by atoms with Crippen molar-refractivity contribution in [1.82, 2.24) is 9.80 Å². The lowest BCUT2D eigenvalue weighted by Crippen LogP contribution is -2.32. The standard InChI is InChI=1S/C11H13BrN2O4/c1-17-5-4-13-7-14(6-10(13)15)11(16)8-2-3-9(12)18-8/h2-3H,4-7H2,1H3. The Morgan fingerprint density at radius 1 is 1.56 bits per heavy atom. The van der Waals surface area contributed by atoms with Gasteiger partial charge in [0, 0.05) is 13.7 Å². The predicted molar refractivity (Wildman–Crippen MR) is 65.9 cm³/mol. The summed E-state index contributed by atoms with van der Waals surface area (Å²) in [5.41, 5.74) is 0. The Labute approximate surface area is 113 Å². The van der Waals surface area contributed by atoms with Crippen LogP contribution in [0, 0.1) is 0 Å². The number of carbonyl (C=O) groups is 2. The van der Waals surface area contributed by atoms with E-state index in [0.717, 1.165) is 0 Å². The molecule has 0 spiro atoms. The smallest absolute Gasteiger partial charge is 0.291 e. The molecule has 0 unspecified atom stereocenters. The number of ether oxygens (including phenoxy) is 1. The molecule has 0 atom stereocenters. The van der Waals surface area contributed by atoms with Crippen LogP contribution in [-0.2, 0) is 9.53 Å². The van der Waals surface area contributed by atoms with E-state index in [0.29, 0.717) is 17.8 Å². The number of amides is 2. The Balaban J connectivity index is 1.99. The largest absolute Gasteiger partial charge is 0.444 e. The molecule has 98 valence electrons. The average molecular weight is 317 g/mol. The Kier molecular flexibility index (Phi) is 4.03. The van der Waals surface area contributed by atoms with Crippen molar-refractivity contribution in [2.45, 2.75) is 0 Å². The average Bonchev–Trinajstić information content (AvgIpc) is 2.92. The molecule has 1 aliphatic heterocycles. The molecule has 2 amide bonds. The zero-order chi connectivity index (χ0) is 13.1. The first-order valence-electron chi connectivity index (χ1n) is 5.43. The normalized spacial score (nSPS) is 15.6. The zero-order valence-corrected chi connectivity index (χ0v) is 11.5. The molecule has 2 heterocycles. The quantitative estimate of drug-likeness (QED) is 0.829. The maximum atomic E-state index is 12.0. The molecule has 0 aliphatic carbocycles. The highest BCUT2D eigenvalue weighted by molar-refractivity contribution is 9.10. The molecule has 0 bridgehead atoms. The van der Waals surface area contributed by atoms with Crippen LogP contribution in [0.2, 0.25) is 0 Å². The molecule has 0 N–H and O–H groups in total. The van der Waals surface area contributed by atoms with Crippen LogP contribution in [0.5, 0.6) is 0 Å². The summed E-state index contributed by atoms with van der Waals surface area (Å²) in [5.74, 6) is -0.136. The first-order valence-corrected chi connectivity index (χ1v) is 6.22. The molecule has 0 saturated carbocycles. The Morgan fingerprint density at radius 2 is 2.33 bits per heavy atom. The Hall–Kier alpha value is -1.34. The minimum atomic E-state index is -0.283. The third-order valence-electron chi connectivity index (χ3n) is 2.66. The van der Waals surface area contributed by atoms with Crippen molar-refractivity contribution in [2.75, 3.05) is 33.5 Å². The maximum Gasteiger partial charge on any atom is 0.291 e. The summed E-state index contributed by atoms with van der Waals surface area (Å²) < 4.78 is 10.6. The van der Waals surface area contributed by atoms with Crippen LogP contribution in [0.4, 0.5) is 0 Å². The number of rotatable bonds is 4. The number of furan rings is 1. The van der Waals surface area contributed by atoms with E-state index in [4.69, 9.17) is 9.15 Å². The van der Waals surface area contributed by atoms with Crippen molar-refractivity contribution in [3.05, 3.63) is 22.6 Å². The highest BCUT2D eigenvalue weighted by Gasteiger charge is 2.32. The molecule has 7 heteroatoms. The van der Waals surface area contributed by atoms with E-state index in [2.05, 4.69) is 15.9 Å². The van der Waals surface area contributed by atoms with Gasteiger partial charge in [-0.1, -0.05) is 0 Å². The molecular weight excluding hydrogens is 304 g/mol. The first kappa shape index (κ1) is 13.1.